The minimum atomic E-state index is 0.262. The van der Waals surface area contributed by atoms with Crippen molar-refractivity contribution in [1.82, 2.24) is 19.7 Å². The Kier molecular flexibility index (Phi) is 3.62. The molecule has 20 heavy (non-hydrogen) atoms. The minimum absolute atomic E-state index is 0.262. The number of fused-ring (bicyclic) bond motifs is 1. The van der Waals surface area contributed by atoms with Gasteiger partial charge in [-0.25, -0.2) is 9.97 Å². The summed E-state index contributed by atoms with van der Waals surface area (Å²) in [4.78, 5) is 12.7. The summed E-state index contributed by atoms with van der Waals surface area (Å²) < 4.78 is 2.20. The molecule has 106 valence electrons. The summed E-state index contributed by atoms with van der Waals surface area (Å²) in [6.07, 6.45) is 4.10. The lowest BCUT2D eigenvalue weighted by Gasteiger charge is -2.11. The van der Waals surface area contributed by atoms with Crippen LogP contribution in [0.25, 0.3) is 4.96 Å². The van der Waals surface area contributed by atoms with Crippen molar-refractivity contribution in [2.75, 3.05) is 0 Å². The van der Waals surface area contributed by atoms with Gasteiger partial charge in [0, 0.05) is 28.7 Å². The molecule has 4 nitrogen and oxygen atoms in total. The van der Waals surface area contributed by atoms with Gasteiger partial charge >= 0.3 is 0 Å². The molecule has 1 N–H and O–H groups in total. The smallest absolute Gasteiger partial charge is 0.194 e. The number of rotatable bonds is 4. The van der Waals surface area contributed by atoms with Gasteiger partial charge in [-0.2, -0.15) is 0 Å². The Labute approximate surface area is 126 Å². The second kappa shape index (κ2) is 5.27. The predicted octanol–water partition coefficient (Wildman–Crippen LogP) is 3.63. The van der Waals surface area contributed by atoms with Crippen molar-refractivity contribution in [3.05, 3.63) is 38.5 Å². The molecule has 0 bridgehead atoms. The fourth-order valence-corrected chi connectivity index (χ4v) is 3.92. The van der Waals surface area contributed by atoms with Crippen molar-refractivity contribution in [2.24, 2.45) is 0 Å². The van der Waals surface area contributed by atoms with Crippen LogP contribution in [0.2, 0.25) is 0 Å². The molecule has 3 aromatic rings. The standard InChI is InChI=1S/C14H18N4S2/c1-8-5-16-13(19-8)11(4)15-6-12-10(3)17-14-18(12)7-9(2)20-14/h5,7,11,15H,6H2,1-4H3. The monoisotopic (exact) mass is 306 g/mol. The second-order valence-electron chi connectivity index (χ2n) is 5.05. The Balaban J connectivity index is 1.78. The third-order valence-corrected chi connectivity index (χ3v) is 5.32. The Morgan fingerprint density at radius 1 is 1.25 bits per heavy atom. The van der Waals surface area contributed by atoms with Gasteiger partial charge in [0.2, 0.25) is 0 Å². The molecule has 0 aliphatic rings. The fraction of sp³-hybridized carbons (Fsp3) is 0.429. The number of nitrogens with zero attached hydrogens (tertiary/aromatic N) is 3. The lowest BCUT2D eigenvalue weighted by Crippen LogP contribution is -2.19. The largest absolute Gasteiger partial charge is 0.302 e. The zero-order chi connectivity index (χ0) is 14.3. The van der Waals surface area contributed by atoms with Crippen molar-refractivity contribution in [3.8, 4) is 0 Å². The number of aryl methyl sites for hydroxylation is 3. The van der Waals surface area contributed by atoms with Crippen LogP contribution in [0.3, 0.4) is 0 Å². The maximum absolute atomic E-state index is 4.62. The zero-order valence-electron chi connectivity index (χ0n) is 12.1. The van der Waals surface area contributed by atoms with Gasteiger partial charge in [-0.1, -0.05) is 0 Å². The van der Waals surface area contributed by atoms with E-state index in [1.807, 2.05) is 6.20 Å². The summed E-state index contributed by atoms with van der Waals surface area (Å²) in [6.45, 7) is 9.25. The van der Waals surface area contributed by atoms with Crippen LogP contribution in [0.4, 0.5) is 0 Å². The molecule has 0 fully saturated rings. The molecule has 6 heteroatoms. The first kappa shape index (κ1) is 13.7. The van der Waals surface area contributed by atoms with Gasteiger partial charge in [0.05, 0.1) is 17.4 Å². The predicted molar refractivity (Wildman–Crippen MR) is 84.6 cm³/mol. The van der Waals surface area contributed by atoms with Crippen LogP contribution in [0, 0.1) is 20.8 Å². The summed E-state index contributed by atoms with van der Waals surface area (Å²) in [5, 5.41) is 4.69. The molecule has 0 aromatic carbocycles. The number of hydrogen-bond donors (Lipinski definition) is 1. The van der Waals surface area contributed by atoms with Gasteiger partial charge in [0.15, 0.2) is 4.96 Å². The summed E-state index contributed by atoms with van der Waals surface area (Å²) >= 11 is 3.49. The first-order valence-corrected chi connectivity index (χ1v) is 8.27. The van der Waals surface area contributed by atoms with Gasteiger partial charge in [0.1, 0.15) is 5.01 Å². The Bertz CT molecular complexity index is 738. The van der Waals surface area contributed by atoms with E-state index in [-0.39, 0.29) is 6.04 Å². The number of hydrogen-bond acceptors (Lipinski definition) is 5. The van der Waals surface area contributed by atoms with E-state index in [1.54, 1.807) is 22.7 Å². The first-order chi connectivity index (χ1) is 9.54. The molecule has 0 spiro atoms. The van der Waals surface area contributed by atoms with Crippen LogP contribution >= 0.6 is 22.7 Å². The van der Waals surface area contributed by atoms with E-state index < -0.39 is 0 Å². The lowest BCUT2D eigenvalue weighted by molar-refractivity contribution is 0.562. The molecule has 3 rings (SSSR count). The van der Waals surface area contributed by atoms with Crippen molar-refractivity contribution < 1.29 is 0 Å². The molecule has 1 unspecified atom stereocenters. The molecular weight excluding hydrogens is 288 g/mol. The quantitative estimate of drug-likeness (QED) is 0.800. The Morgan fingerprint density at radius 2 is 2.05 bits per heavy atom. The summed E-state index contributed by atoms with van der Waals surface area (Å²) in [5.41, 5.74) is 2.34. The number of thiazole rings is 2. The van der Waals surface area contributed by atoms with E-state index in [1.165, 1.54) is 15.4 Å². The highest BCUT2D eigenvalue weighted by Gasteiger charge is 2.14. The fourth-order valence-electron chi connectivity index (χ4n) is 2.23. The SMILES string of the molecule is Cc1cnc(C(C)NCc2c(C)nc3sc(C)cn23)s1. The molecule has 0 saturated heterocycles. The van der Waals surface area contributed by atoms with E-state index in [0.717, 1.165) is 22.2 Å². The Hall–Kier alpha value is -1.24. The molecule has 3 heterocycles. The molecule has 0 saturated carbocycles. The highest BCUT2D eigenvalue weighted by molar-refractivity contribution is 7.17. The third-order valence-electron chi connectivity index (χ3n) is 3.33. The lowest BCUT2D eigenvalue weighted by atomic mass is 10.3. The average Bonchev–Trinajstić information content (AvgIpc) is 3.02. The van der Waals surface area contributed by atoms with Crippen LogP contribution in [0.1, 0.15) is 39.1 Å². The van der Waals surface area contributed by atoms with Crippen LogP contribution in [0.15, 0.2) is 12.4 Å². The van der Waals surface area contributed by atoms with Gasteiger partial charge in [0.25, 0.3) is 0 Å². The van der Waals surface area contributed by atoms with Crippen LogP contribution in [0.5, 0.6) is 0 Å². The normalized spacial score (nSPS) is 13.2. The molecule has 0 radical (unpaired) electrons. The summed E-state index contributed by atoms with van der Waals surface area (Å²) in [5.74, 6) is 0. The molecular formula is C14H18N4S2. The second-order valence-corrected chi connectivity index (χ2v) is 7.53. The van der Waals surface area contributed by atoms with E-state index >= 15 is 0 Å². The number of nitrogens with one attached hydrogen (secondary N) is 1. The third kappa shape index (κ3) is 2.51. The van der Waals surface area contributed by atoms with Gasteiger partial charge < -0.3 is 5.32 Å². The van der Waals surface area contributed by atoms with Crippen molar-refractivity contribution in [2.45, 2.75) is 40.3 Å². The zero-order valence-corrected chi connectivity index (χ0v) is 13.7. The number of aromatic nitrogens is 3. The van der Waals surface area contributed by atoms with Crippen LogP contribution in [-0.4, -0.2) is 14.4 Å². The van der Waals surface area contributed by atoms with Gasteiger partial charge in [-0.15, -0.1) is 22.7 Å². The van der Waals surface area contributed by atoms with Crippen molar-refractivity contribution in [1.29, 1.82) is 0 Å². The first-order valence-electron chi connectivity index (χ1n) is 6.64. The Morgan fingerprint density at radius 3 is 2.75 bits per heavy atom. The van der Waals surface area contributed by atoms with E-state index in [2.05, 4.69) is 53.6 Å². The maximum Gasteiger partial charge on any atom is 0.194 e. The molecule has 0 aliphatic heterocycles. The maximum atomic E-state index is 4.62. The average molecular weight is 306 g/mol. The highest BCUT2D eigenvalue weighted by Crippen LogP contribution is 2.22. The van der Waals surface area contributed by atoms with Crippen LogP contribution < -0.4 is 5.32 Å². The van der Waals surface area contributed by atoms with Crippen LogP contribution in [-0.2, 0) is 6.54 Å². The van der Waals surface area contributed by atoms with E-state index in [4.69, 9.17) is 0 Å². The molecule has 1 atom stereocenters. The summed E-state index contributed by atoms with van der Waals surface area (Å²) in [7, 11) is 0. The summed E-state index contributed by atoms with van der Waals surface area (Å²) in [6, 6.07) is 0.262. The van der Waals surface area contributed by atoms with Gasteiger partial charge in [-0.3, -0.25) is 4.40 Å². The number of imidazole rings is 1. The van der Waals surface area contributed by atoms with Crippen molar-refractivity contribution >= 4 is 27.6 Å². The molecule has 0 amide bonds. The van der Waals surface area contributed by atoms with Gasteiger partial charge in [-0.05, 0) is 27.7 Å². The van der Waals surface area contributed by atoms with Crippen molar-refractivity contribution in [3.63, 3.8) is 0 Å². The van der Waals surface area contributed by atoms with E-state index in [0.29, 0.717) is 0 Å². The minimum Gasteiger partial charge on any atom is -0.302 e. The van der Waals surface area contributed by atoms with E-state index in [9.17, 15) is 0 Å². The highest BCUT2D eigenvalue weighted by atomic mass is 32.1. The topological polar surface area (TPSA) is 42.2 Å². The molecule has 0 aliphatic carbocycles. The molecule has 3 aromatic heterocycles.